The van der Waals surface area contributed by atoms with Gasteiger partial charge in [-0.05, 0) is 31.1 Å². The number of rotatable bonds is 6. The van der Waals surface area contributed by atoms with Crippen molar-refractivity contribution in [1.29, 1.82) is 0 Å². The van der Waals surface area contributed by atoms with E-state index in [1.165, 1.54) is 19.7 Å². The van der Waals surface area contributed by atoms with E-state index in [-0.39, 0.29) is 6.61 Å². The lowest BCUT2D eigenvalue weighted by molar-refractivity contribution is 0.0600. The first-order valence-electron chi connectivity index (χ1n) is 7.72. The average Bonchev–Trinajstić information content (AvgIpc) is 2.55. The number of ether oxygens (including phenoxy) is 2. The number of methoxy groups -OCH3 is 1. The molecule has 1 aromatic heterocycles. The zero-order valence-electron chi connectivity index (χ0n) is 14.6. The SMILES string of the molecule is CC/C=C(\C=C(/C)Oc1ccc(C(=O)OC)cn1)CO.CCC. The van der Waals surface area contributed by atoms with Crippen molar-refractivity contribution in [2.45, 2.75) is 40.5 Å². The maximum Gasteiger partial charge on any atom is 0.339 e. The minimum atomic E-state index is -0.440. The number of aliphatic hydroxyl groups excluding tert-OH is 1. The van der Waals surface area contributed by atoms with Crippen molar-refractivity contribution in [3.05, 3.63) is 47.4 Å². The molecule has 5 nitrogen and oxygen atoms in total. The van der Waals surface area contributed by atoms with Crippen molar-refractivity contribution in [1.82, 2.24) is 4.98 Å². The minimum Gasteiger partial charge on any atom is -0.465 e. The molecular formula is C18H27NO4. The molecule has 5 heteroatoms. The van der Waals surface area contributed by atoms with E-state index in [9.17, 15) is 4.79 Å². The van der Waals surface area contributed by atoms with Gasteiger partial charge in [-0.2, -0.15) is 0 Å². The molecule has 1 heterocycles. The summed E-state index contributed by atoms with van der Waals surface area (Å²) in [4.78, 5) is 15.3. The third kappa shape index (κ3) is 8.78. The highest BCUT2D eigenvalue weighted by Gasteiger charge is 2.06. The van der Waals surface area contributed by atoms with Gasteiger partial charge >= 0.3 is 5.97 Å². The number of allylic oxidation sites excluding steroid dienone is 2. The second-order valence-electron chi connectivity index (χ2n) is 4.79. The van der Waals surface area contributed by atoms with E-state index >= 15 is 0 Å². The maximum absolute atomic E-state index is 11.3. The van der Waals surface area contributed by atoms with Gasteiger partial charge in [-0.15, -0.1) is 0 Å². The van der Waals surface area contributed by atoms with Gasteiger partial charge in [0, 0.05) is 12.3 Å². The molecule has 0 unspecified atom stereocenters. The third-order valence-corrected chi connectivity index (χ3v) is 2.46. The molecule has 1 rings (SSSR count). The molecule has 0 saturated heterocycles. The van der Waals surface area contributed by atoms with Gasteiger partial charge in [-0.25, -0.2) is 9.78 Å². The van der Waals surface area contributed by atoms with E-state index < -0.39 is 5.97 Å². The lowest BCUT2D eigenvalue weighted by atomic mass is 10.2. The van der Waals surface area contributed by atoms with Crippen LogP contribution in [0.25, 0.3) is 0 Å². The van der Waals surface area contributed by atoms with Crippen LogP contribution in [0.4, 0.5) is 0 Å². The molecule has 0 aliphatic rings. The van der Waals surface area contributed by atoms with E-state index in [0.717, 1.165) is 12.0 Å². The van der Waals surface area contributed by atoms with E-state index in [1.54, 1.807) is 25.1 Å². The smallest absolute Gasteiger partial charge is 0.339 e. The van der Waals surface area contributed by atoms with Gasteiger partial charge in [0.1, 0.15) is 5.76 Å². The van der Waals surface area contributed by atoms with Crippen LogP contribution in [0.15, 0.2) is 41.8 Å². The van der Waals surface area contributed by atoms with Gasteiger partial charge in [0.2, 0.25) is 5.88 Å². The van der Waals surface area contributed by atoms with Crippen LogP contribution in [0.2, 0.25) is 0 Å². The number of hydrogen-bond acceptors (Lipinski definition) is 5. The van der Waals surface area contributed by atoms with Crippen molar-refractivity contribution >= 4 is 5.97 Å². The largest absolute Gasteiger partial charge is 0.465 e. The Hall–Kier alpha value is -2.14. The molecule has 0 bridgehead atoms. The summed E-state index contributed by atoms with van der Waals surface area (Å²) in [6.07, 6.45) is 7.15. The number of carbonyl (C=O) groups excluding carboxylic acids is 1. The number of nitrogens with zero attached hydrogens (tertiary/aromatic N) is 1. The van der Waals surface area contributed by atoms with Crippen molar-refractivity contribution in [3.8, 4) is 5.88 Å². The van der Waals surface area contributed by atoms with Gasteiger partial charge in [-0.1, -0.05) is 33.3 Å². The van der Waals surface area contributed by atoms with Gasteiger partial charge in [0.25, 0.3) is 0 Å². The first kappa shape index (κ1) is 20.9. The van der Waals surface area contributed by atoms with Crippen molar-refractivity contribution in [2.24, 2.45) is 0 Å². The standard InChI is InChI=1S/C15H19NO4.C3H8/c1-4-5-12(10-17)8-11(2)20-14-7-6-13(9-16-14)15(18)19-3;1-3-2/h5-9,17H,4,10H2,1-3H3;3H2,1-2H3/b11-8+,12-5+;. The molecule has 0 aliphatic heterocycles. The van der Waals surface area contributed by atoms with Crippen LogP contribution in [0.5, 0.6) is 5.88 Å². The Morgan fingerprint density at radius 1 is 1.30 bits per heavy atom. The van der Waals surface area contributed by atoms with Crippen LogP contribution >= 0.6 is 0 Å². The number of esters is 1. The van der Waals surface area contributed by atoms with Crippen LogP contribution in [0, 0.1) is 0 Å². The number of carbonyl (C=O) groups is 1. The predicted octanol–water partition coefficient (Wildman–Crippen LogP) is 3.90. The van der Waals surface area contributed by atoms with Crippen LogP contribution in [-0.2, 0) is 4.74 Å². The number of hydrogen-bond donors (Lipinski definition) is 1. The van der Waals surface area contributed by atoms with Crippen LogP contribution in [0.1, 0.15) is 50.9 Å². The van der Waals surface area contributed by atoms with Gasteiger partial charge in [0.05, 0.1) is 19.3 Å². The van der Waals surface area contributed by atoms with E-state index in [4.69, 9.17) is 9.84 Å². The molecule has 0 aromatic carbocycles. The van der Waals surface area contributed by atoms with Crippen LogP contribution in [0.3, 0.4) is 0 Å². The van der Waals surface area contributed by atoms with E-state index in [0.29, 0.717) is 17.2 Å². The zero-order chi connectivity index (χ0) is 17.7. The Balaban J connectivity index is 0.00000149. The molecule has 0 aliphatic carbocycles. The Kier molecular flexibility index (Phi) is 11.3. The molecule has 0 spiro atoms. The quantitative estimate of drug-likeness (QED) is 0.489. The van der Waals surface area contributed by atoms with Crippen molar-refractivity contribution in [3.63, 3.8) is 0 Å². The first-order chi connectivity index (χ1) is 11.0. The van der Waals surface area contributed by atoms with Crippen molar-refractivity contribution < 1.29 is 19.4 Å². The Morgan fingerprint density at radius 3 is 2.39 bits per heavy atom. The third-order valence-electron chi connectivity index (χ3n) is 2.46. The lowest BCUT2D eigenvalue weighted by Gasteiger charge is -2.06. The number of aromatic nitrogens is 1. The second kappa shape index (κ2) is 12.4. The first-order valence-corrected chi connectivity index (χ1v) is 7.72. The summed E-state index contributed by atoms with van der Waals surface area (Å²) < 4.78 is 10.1. The fourth-order valence-electron chi connectivity index (χ4n) is 1.57. The summed E-state index contributed by atoms with van der Waals surface area (Å²) in [5.41, 5.74) is 1.15. The summed E-state index contributed by atoms with van der Waals surface area (Å²) in [5.74, 6) is 0.544. The van der Waals surface area contributed by atoms with E-state index in [1.807, 2.05) is 13.0 Å². The summed E-state index contributed by atoms with van der Waals surface area (Å²) in [5, 5.41) is 9.16. The topological polar surface area (TPSA) is 68.7 Å². The molecule has 0 fully saturated rings. The van der Waals surface area contributed by atoms with Crippen molar-refractivity contribution in [2.75, 3.05) is 13.7 Å². The molecule has 0 saturated carbocycles. The van der Waals surface area contributed by atoms with Crippen LogP contribution in [-0.4, -0.2) is 29.8 Å². The Morgan fingerprint density at radius 2 is 1.96 bits per heavy atom. The summed E-state index contributed by atoms with van der Waals surface area (Å²) in [6, 6.07) is 3.17. The molecule has 1 aromatic rings. The zero-order valence-corrected chi connectivity index (χ0v) is 14.6. The monoisotopic (exact) mass is 321 g/mol. The Labute approximate surface area is 138 Å². The van der Waals surface area contributed by atoms with Gasteiger partial charge in [0.15, 0.2) is 0 Å². The summed E-state index contributed by atoms with van der Waals surface area (Å²) >= 11 is 0. The summed E-state index contributed by atoms with van der Waals surface area (Å²) in [7, 11) is 1.32. The van der Waals surface area contributed by atoms with E-state index in [2.05, 4.69) is 23.6 Å². The maximum atomic E-state index is 11.3. The molecule has 1 N–H and O–H groups in total. The molecule has 128 valence electrons. The van der Waals surface area contributed by atoms with Gasteiger partial charge in [-0.3, -0.25) is 0 Å². The second-order valence-corrected chi connectivity index (χ2v) is 4.79. The molecule has 0 amide bonds. The summed E-state index contributed by atoms with van der Waals surface area (Å²) in [6.45, 7) is 7.98. The average molecular weight is 321 g/mol. The van der Waals surface area contributed by atoms with Gasteiger partial charge < -0.3 is 14.6 Å². The fourth-order valence-corrected chi connectivity index (χ4v) is 1.57. The molecule has 0 atom stereocenters. The lowest BCUT2D eigenvalue weighted by Crippen LogP contribution is -2.02. The predicted molar refractivity (Wildman–Crippen MR) is 91.4 cm³/mol. The minimum absolute atomic E-state index is 0.0384. The normalized spacial score (nSPS) is 11.4. The number of aliphatic hydroxyl groups is 1. The fraction of sp³-hybridized carbons (Fsp3) is 0.444. The highest BCUT2D eigenvalue weighted by Crippen LogP contribution is 2.13. The highest BCUT2D eigenvalue weighted by atomic mass is 16.5. The van der Waals surface area contributed by atoms with Crippen LogP contribution < -0.4 is 4.74 Å². The molecule has 23 heavy (non-hydrogen) atoms. The molecule has 0 radical (unpaired) electrons. The highest BCUT2D eigenvalue weighted by molar-refractivity contribution is 5.88. The molecular weight excluding hydrogens is 294 g/mol. The Bertz CT molecular complexity index is 518. The number of pyridine rings is 1.